The van der Waals surface area contributed by atoms with Gasteiger partial charge in [0.25, 0.3) is 0 Å². The van der Waals surface area contributed by atoms with Crippen molar-refractivity contribution in [3.8, 4) is 6.07 Å². The van der Waals surface area contributed by atoms with Crippen LogP contribution in [-0.2, 0) is 0 Å². The highest BCUT2D eigenvalue weighted by molar-refractivity contribution is 5.48. The van der Waals surface area contributed by atoms with Gasteiger partial charge in [0.2, 0.25) is 0 Å². The average Bonchev–Trinajstić information content (AvgIpc) is 2.48. The predicted molar refractivity (Wildman–Crippen MR) is 78.9 cm³/mol. The number of benzene rings is 2. The molecular formula is C17H18N2. The summed E-state index contributed by atoms with van der Waals surface area (Å²) in [6.07, 6.45) is 2.22. The van der Waals surface area contributed by atoms with Crippen molar-refractivity contribution in [2.75, 3.05) is 5.32 Å². The van der Waals surface area contributed by atoms with Gasteiger partial charge < -0.3 is 5.32 Å². The van der Waals surface area contributed by atoms with Gasteiger partial charge in [-0.25, -0.2) is 0 Å². The Balaban J connectivity index is 2.14. The molecule has 0 fully saturated rings. The number of hydrogen-bond acceptors (Lipinski definition) is 2. The summed E-state index contributed by atoms with van der Waals surface area (Å²) in [4.78, 5) is 0. The molecule has 1 atom stereocenters. The number of nitrogens with zero attached hydrogens (tertiary/aromatic N) is 1. The van der Waals surface area contributed by atoms with E-state index in [1.807, 2.05) is 30.3 Å². The molecule has 0 saturated carbocycles. The lowest BCUT2D eigenvalue weighted by Crippen LogP contribution is -2.10. The Kier molecular flexibility index (Phi) is 4.58. The topological polar surface area (TPSA) is 35.8 Å². The van der Waals surface area contributed by atoms with E-state index in [-0.39, 0.29) is 0 Å². The standard InChI is InChI=1S/C17H18N2/c1-2-6-17(15-7-4-3-5-8-15)19-16-11-9-14(13-18)10-12-16/h3-5,7-12,17,19H,2,6H2,1H3. The largest absolute Gasteiger partial charge is 0.378 e. The van der Waals surface area contributed by atoms with E-state index in [9.17, 15) is 0 Å². The fraction of sp³-hybridized carbons (Fsp3) is 0.235. The zero-order valence-corrected chi connectivity index (χ0v) is 11.1. The van der Waals surface area contributed by atoms with Crippen LogP contribution in [0.25, 0.3) is 0 Å². The monoisotopic (exact) mass is 250 g/mol. The van der Waals surface area contributed by atoms with Crippen LogP contribution in [-0.4, -0.2) is 0 Å². The van der Waals surface area contributed by atoms with Gasteiger partial charge in [0.15, 0.2) is 0 Å². The number of nitriles is 1. The molecule has 0 aromatic heterocycles. The SMILES string of the molecule is CCCC(Nc1ccc(C#N)cc1)c1ccccc1. The van der Waals surface area contributed by atoms with Crippen LogP contribution in [0, 0.1) is 11.3 Å². The van der Waals surface area contributed by atoms with Crippen LogP contribution in [0.3, 0.4) is 0 Å². The molecule has 2 nitrogen and oxygen atoms in total. The minimum Gasteiger partial charge on any atom is -0.378 e. The summed E-state index contributed by atoms with van der Waals surface area (Å²) in [5.41, 5.74) is 3.05. The van der Waals surface area contributed by atoms with E-state index in [2.05, 4.69) is 42.6 Å². The van der Waals surface area contributed by atoms with Crippen molar-refractivity contribution >= 4 is 5.69 Å². The third kappa shape index (κ3) is 3.59. The van der Waals surface area contributed by atoms with Crippen LogP contribution in [0.1, 0.15) is 36.9 Å². The van der Waals surface area contributed by atoms with Crippen molar-refractivity contribution in [2.24, 2.45) is 0 Å². The van der Waals surface area contributed by atoms with Gasteiger partial charge in [0.1, 0.15) is 0 Å². The second kappa shape index (κ2) is 6.61. The molecule has 0 bridgehead atoms. The summed E-state index contributed by atoms with van der Waals surface area (Å²) < 4.78 is 0. The van der Waals surface area contributed by atoms with Crippen molar-refractivity contribution in [2.45, 2.75) is 25.8 Å². The van der Waals surface area contributed by atoms with Crippen molar-refractivity contribution < 1.29 is 0 Å². The van der Waals surface area contributed by atoms with E-state index >= 15 is 0 Å². The second-order valence-corrected chi connectivity index (χ2v) is 4.59. The molecule has 0 saturated heterocycles. The molecule has 0 aliphatic rings. The highest BCUT2D eigenvalue weighted by atomic mass is 14.9. The number of anilines is 1. The first-order chi connectivity index (χ1) is 9.33. The minimum atomic E-state index is 0.319. The quantitative estimate of drug-likeness (QED) is 0.847. The lowest BCUT2D eigenvalue weighted by molar-refractivity contribution is 0.677. The molecule has 1 unspecified atom stereocenters. The Morgan fingerprint density at radius 3 is 2.32 bits per heavy atom. The first kappa shape index (κ1) is 13.2. The molecule has 96 valence electrons. The minimum absolute atomic E-state index is 0.319. The fourth-order valence-corrected chi connectivity index (χ4v) is 2.14. The Morgan fingerprint density at radius 2 is 1.74 bits per heavy atom. The molecule has 1 N–H and O–H groups in total. The highest BCUT2D eigenvalue weighted by Gasteiger charge is 2.09. The van der Waals surface area contributed by atoms with E-state index in [4.69, 9.17) is 5.26 Å². The summed E-state index contributed by atoms with van der Waals surface area (Å²) in [6, 6.07) is 20.5. The first-order valence-electron chi connectivity index (χ1n) is 6.65. The van der Waals surface area contributed by atoms with Crippen molar-refractivity contribution in [3.63, 3.8) is 0 Å². The molecular weight excluding hydrogens is 232 g/mol. The highest BCUT2D eigenvalue weighted by Crippen LogP contribution is 2.23. The molecule has 2 aromatic carbocycles. The van der Waals surface area contributed by atoms with Crippen molar-refractivity contribution in [1.29, 1.82) is 5.26 Å². The molecule has 0 spiro atoms. The van der Waals surface area contributed by atoms with Gasteiger partial charge in [-0.15, -0.1) is 0 Å². The first-order valence-corrected chi connectivity index (χ1v) is 6.65. The summed E-state index contributed by atoms with van der Waals surface area (Å²) in [5.74, 6) is 0. The molecule has 2 aromatic rings. The normalized spacial score (nSPS) is 11.6. The van der Waals surface area contributed by atoms with Crippen LogP contribution in [0.15, 0.2) is 54.6 Å². The third-order valence-corrected chi connectivity index (χ3v) is 3.13. The lowest BCUT2D eigenvalue weighted by atomic mass is 10.0. The van der Waals surface area contributed by atoms with Crippen LogP contribution in [0.5, 0.6) is 0 Å². The Labute approximate surface area is 114 Å². The number of nitrogens with one attached hydrogen (secondary N) is 1. The fourth-order valence-electron chi connectivity index (χ4n) is 2.14. The molecule has 2 rings (SSSR count). The van der Waals surface area contributed by atoms with E-state index in [1.54, 1.807) is 0 Å². The van der Waals surface area contributed by atoms with Gasteiger partial charge in [0, 0.05) is 5.69 Å². The van der Waals surface area contributed by atoms with E-state index in [0.717, 1.165) is 18.5 Å². The van der Waals surface area contributed by atoms with Gasteiger partial charge in [0.05, 0.1) is 17.7 Å². The number of hydrogen-bond donors (Lipinski definition) is 1. The maximum Gasteiger partial charge on any atom is 0.0991 e. The molecule has 2 heteroatoms. The Morgan fingerprint density at radius 1 is 1.05 bits per heavy atom. The molecule has 0 aliphatic heterocycles. The summed E-state index contributed by atoms with van der Waals surface area (Å²) in [6.45, 7) is 2.19. The average molecular weight is 250 g/mol. The van der Waals surface area contributed by atoms with Gasteiger partial charge in [-0.1, -0.05) is 43.7 Å². The molecule has 0 heterocycles. The number of rotatable bonds is 5. The van der Waals surface area contributed by atoms with E-state index in [0.29, 0.717) is 11.6 Å². The van der Waals surface area contributed by atoms with Gasteiger partial charge >= 0.3 is 0 Å². The molecule has 19 heavy (non-hydrogen) atoms. The molecule has 0 radical (unpaired) electrons. The molecule has 0 aliphatic carbocycles. The molecule has 0 amide bonds. The van der Waals surface area contributed by atoms with Crippen LogP contribution < -0.4 is 5.32 Å². The Bertz CT molecular complexity index is 538. The Hall–Kier alpha value is -2.27. The zero-order chi connectivity index (χ0) is 13.5. The van der Waals surface area contributed by atoms with Crippen molar-refractivity contribution in [1.82, 2.24) is 0 Å². The second-order valence-electron chi connectivity index (χ2n) is 4.59. The van der Waals surface area contributed by atoms with Gasteiger partial charge in [-0.2, -0.15) is 5.26 Å². The van der Waals surface area contributed by atoms with E-state index < -0.39 is 0 Å². The van der Waals surface area contributed by atoms with Gasteiger partial charge in [-0.05, 0) is 36.2 Å². The zero-order valence-electron chi connectivity index (χ0n) is 11.1. The summed E-state index contributed by atoms with van der Waals surface area (Å²) in [7, 11) is 0. The van der Waals surface area contributed by atoms with Crippen LogP contribution in [0.4, 0.5) is 5.69 Å². The smallest absolute Gasteiger partial charge is 0.0991 e. The van der Waals surface area contributed by atoms with Crippen LogP contribution in [0.2, 0.25) is 0 Å². The summed E-state index contributed by atoms with van der Waals surface area (Å²) >= 11 is 0. The maximum atomic E-state index is 8.80. The van der Waals surface area contributed by atoms with E-state index in [1.165, 1.54) is 5.56 Å². The van der Waals surface area contributed by atoms with Crippen molar-refractivity contribution in [3.05, 3.63) is 65.7 Å². The lowest BCUT2D eigenvalue weighted by Gasteiger charge is -2.20. The maximum absolute atomic E-state index is 8.80. The van der Waals surface area contributed by atoms with Crippen LogP contribution >= 0.6 is 0 Å². The predicted octanol–water partition coefficient (Wildman–Crippen LogP) is 4.51. The summed E-state index contributed by atoms with van der Waals surface area (Å²) in [5, 5.41) is 12.3. The third-order valence-electron chi connectivity index (χ3n) is 3.13. The van der Waals surface area contributed by atoms with Gasteiger partial charge in [-0.3, -0.25) is 0 Å².